The highest BCUT2D eigenvalue weighted by atomic mass is 16.2. The molecule has 6 nitrogen and oxygen atoms in total. The van der Waals surface area contributed by atoms with Crippen LogP contribution in [-0.4, -0.2) is 22.6 Å². The number of H-pyrrole nitrogens is 1. The molecule has 1 unspecified atom stereocenters. The molecule has 21 heavy (non-hydrogen) atoms. The van der Waals surface area contributed by atoms with Crippen LogP contribution >= 0.6 is 0 Å². The summed E-state index contributed by atoms with van der Waals surface area (Å²) < 4.78 is 0. The Morgan fingerprint density at radius 1 is 1.33 bits per heavy atom. The summed E-state index contributed by atoms with van der Waals surface area (Å²) >= 11 is 0. The normalized spacial score (nSPS) is 11.9. The van der Waals surface area contributed by atoms with E-state index in [0.717, 1.165) is 12.1 Å². The van der Waals surface area contributed by atoms with E-state index in [2.05, 4.69) is 27.8 Å². The first-order valence-corrected chi connectivity index (χ1v) is 6.80. The molecule has 6 heteroatoms. The van der Waals surface area contributed by atoms with Gasteiger partial charge in [0.15, 0.2) is 0 Å². The Morgan fingerprint density at radius 2 is 2.14 bits per heavy atom. The number of hydrogen-bond acceptors (Lipinski definition) is 4. The second kappa shape index (κ2) is 6.81. The Balaban J connectivity index is 2.12. The summed E-state index contributed by atoms with van der Waals surface area (Å²) in [5.41, 5.74) is 1.60. The van der Waals surface area contributed by atoms with Crippen LogP contribution in [-0.2, 0) is 0 Å². The third kappa shape index (κ3) is 4.00. The zero-order valence-corrected chi connectivity index (χ0v) is 12.0. The van der Waals surface area contributed by atoms with E-state index in [9.17, 15) is 9.59 Å². The van der Waals surface area contributed by atoms with Crippen molar-refractivity contribution < 1.29 is 4.79 Å². The van der Waals surface area contributed by atoms with Gasteiger partial charge in [-0.1, -0.05) is 19.1 Å². The van der Waals surface area contributed by atoms with Gasteiger partial charge in [-0.3, -0.25) is 9.59 Å². The average Bonchev–Trinajstić information content (AvgIpc) is 2.48. The van der Waals surface area contributed by atoms with Crippen molar-refractivity contribution in [2.24, 2.45) is 0 Å². The largest absolute Gasteiger partial charge is 0.321 e. The molecule has 2 aromatic rings. The lowest BCUT2D eigenvalue weighted by atomic mass is 10.1. The molecule has 0 aliphatic rings. The zero-order chi connectivity index (χ0) is 15.2. The molecule has 0 saturated carbocycles. The van der Waals surface area contributed by atoms with E-state index in [1.807, 2.05) is 31.2 Å². The topological polar surface area (TPSA) is 86.9 Å². The fourth-order valence-corrected chi connectivity index (χ4v) is 1.98. The highest BCUT2D eigenvalue weighted by molar-refractivity contribution is 6.02. The van der Waals surface area contributed by atoms with Gasteiger partial charge in [-0.25, -0.2) is 5.10 Å². The smallest absolute Gasteiger partial charge is 0.276 e. The first-order chi connectivity index (χ1) is 10.1. The number of amides is 1. The average molecular weight is 286 g/mol. The van der Waals surface area contributed by atoms with Crippen LogP contribution in [0.1, 0.15) is 35.9 Å². The number of nitrogens with one attached hydrogen (secondary N) is 3. The summed E-state index contributed by atoms with van der Waals surface area (Å²) in [5, 5.41) is 12.0. The van der Waals surface area contributed by atoms with Crippen molar-refractivity contribution in [3.63, 3.8) is 0 Å². The van der Waals surface area contributed by atoms with Gasteiger partial charge < -0.3 is 10.6 Å². The van der Waals surface area contributed by atoms with Crippen LogP contribution in [0.5, 0.6) is 0 Å². The molecule has 0 spiro atoms. The summed E-state index contributed by atoms with van der Waals surface area (Å²) in [7, 11) is 0. The van der Waals surface area contributed by atoms with Crippen LogP contribution in [0.3, 0.4) is 0 Å². The maximum absolute atomic E-state index is 12.0. The molecule has 0 aliphatic heterocycles. The van der Waals surface area contributed by atoms with Gasteiger partial charge in [-0.2, -0.15) is 5.10 Å². The van der Waals surface area contributed by atoms with Crippen LogP contribution in [0.2, 0.25) is 0 Å². The maximum Gasteiger partial charge on any atom is 0.276 e. The summed E-state index contributed by atoms with van der Waals surface area (Å²) in [6.07, 6.45) is 0. The lowest BCUT2D eigenvalue weighted by molar-refractivity contribution is 0.102. The van der Waals surface area contributed by atoms with Crippen molar-refractivity contribution in [3.05, 3.63) is 58.0 Å². The Kier molecular flexibility index (Phi) is 4.84. The minimum atomic E-state index is -0.362. The van der Waals surface area contributed by atoms with E-state index in [1.54, 1.807) is 0 Å². The Bertz CT molecular complexity index is 661. The highest BCUT2D eigenvalue weighted by Crippen LogP contribution is 2.17. The van der Waals surface area contributed by atoms with Crippen molar-refractivity contribution in [1.29, 1.82) is 0 Å². The Morgan fingerprint density at radius 3 is 2.81 bits per heavy atom. The SMILES string of the molecule is CCNC(C)c1cccc(NC(=O)c2ccc(=O)[nH]n2)c1. The predicted octanol–water partition coefficient (Wildman–Crippen LogP) is 1.69. The number of nitrogens with zero attached hydrogens (tertiary/aromatic N) is 1. The number of carbonyl (C=O) groups is 1. The molecule has 110 valence electrons. The first-order valence-electron chi connectivity index (χ1n) is 6.80. The molecule has 1 heterocycles. The zero-order valence-electron chi connectivity index (χ0n) is 12.0. The quantitative estimate of drug-likeness (QED) is 0.780. The van der Waals surface area contributed by atoms with Crippen LogP contribution in [0.15, 0.2) is 41.2 Å². The molecule has 1 amide bonds. The first kappa shape index (κ1) is 14.9. The predicted molar refractivity (Wildman–Crippen MR) is 81.3 cm³/mol. The van der Waals surface area contributed by atoms with Crippen molar-refractivity contribution in [2.45, 2.75) is 19.9 Å². The van der Waals surface area contributed by atoms with Crippen LogP contribution in [0.25, 0.3) is 0 Å². The van der Waals surface area contributed by atoms with Gasteiger partial charge in [0.2, 0.25) is 0 Å². The van der Waals surface area contributed by atoms with Crippen molar-refractivity contribution in [2.75, 3.05) is 11.9 Å². The molecule has 1 aromatic carbocycles. The molecular formula is C15H18N4O2. The van der Waals surface area contributed by atoms with E-state index in [0.29, 0.717) is 5.69 Å². The Hall–Kier alpha value is -2.47. The third-order valence-corrected chi connectivity index (χ3v) is 3.07. The van der Waals surface area contributed by atoms with Gasteiger partial charge in [0, 0.05) is 17.8 Å². The molecule has 0 bridgehead atoms. The van der Waals surface area contributed by atoms with Crippen molar-refractivity contribution in [3.8, 4) is 0 Å². The number of aromatic amines is 1. The van der Waals surface area contributed by atoms with E-state index in [4.69, 9.17) is 0 Å². The minimum Gasteiger partial charge on any atom is -0.321 e. The molecule has 2 rings (SSSR count). The number of rotatable bonds is 5. The molecule has 0 radical (unpaired) electrons. The Labute approximate surface area is 122 Å². The fourth-order valence-electron chi connectivity index (χ4n) is 1.98. The lowest BCUT2D eigenvalue weighted by Crippen LogP contribution is -2.19. The monoisotopic (exact) mass is 286 g/mol. The molecule has 1 aromatic heterocycles. The second-order valence-corrected chi connectivity index (χ2v) is 4.67. The van der Waals surface area contributed by atoms with Gasteiger partial charge >= 0.3 is 0 Å². The second-order valence-electron chi connectivity index (χ2n) is 4.67. The third-order valence-electron chi connectivity index (χ3n) is 3.07. The van der Waals surface area contributed by atoms with E-state index in [1.165, 1.54) is 12.1 Å². The number of aromatic nitrogens is 2. The highest BCUT2D eigenvalue weighted by Gasteiger charge is 2.09. The number of carbonyl (C=O) groups excluding carboxylic acids is 1. The van der Waals surface area contributed by atoms with E-state index in [-0.39, 0.29) is 23.2 Å². The van der Waals surface area contributed by atoms with E-state index >= 15 is 0 Å². The van der Waals surface area contributed by atoms with Crippen LogP contribution in [0.4, 0.5) is 5.69 Å². The molecule has 0 saturated heterocycles. The summed E-state index contributed by atoms with van der Waals surface area (Å²) in [5.74, 6) is -0.362. The molecule has 1 atom stereocenters. The fraction of sp³-hybridized carbons (Fsp3) is 0.267. The summed E-state index contributed by atoms with van der Waals surface area (Å²) in [4.78, 5) is 22.9. The minimum absolute atomic E-state index is 0.166. The summed E-state index contributed by atoms with van der Waals surface area (Å²) in [6.45, 7) is 4.98. The lowest BCUT2D eigenvalue weighted by Gasteiger charge is -2.14. The molecular weight excluding hydrogens is 268 g/mol. The molecule has 0 fully saturated rings. The van der Waals surface area contributed by atoms with Crippen molar-refractivity contribution >= 4 is 11.6 Å². The number of hydrogen-bond donors (Lipinski definition) is 3. The van der Waals surface area contributed by atoms with Gasteiger partial charge in [0.1, 0.15) is 5.69 Å². The number of anilines is 1. The van der Waals surface area contributed by atoms with Gasteiger partial charge in [-0.05, 0) is 37.2 Å². The molecule has 3 N–H and O–H groups in total. The van der Waals surface area contributed by atoms with Crippen LogP contribution in [0, 0.1) is 0 Å². The standard InChI is InChI=1S/C15H18N4O2/c1-3-16-10(2)11-5-4-6-12(9-11)17-15(21)13-7-8-14(20)19-18-13/h4-10,16H,3H2,1-2H3,(H,17,21)(H,19,20). The number of benzene rings is 1. The molecule has 0 aliphatic carbocycles. The van der Waals surface area contributed by atoms with Gasteiger partial charge in [0.05, 0.1) is 0 Å². The van der Waals surface area contributed by atoms with Crippen molar-refractivity contribution in [1.82, 2.24) is 15.5 Å². The summed E-state index contributed by atoms with van der Waals surface area (Å²) in [6, 6.07) is 10.5. The van der Waals surface area contributed by atoms with Crippen LogP contribution < -0.4 is 16.2 Å². The van der Waals surface area contributed by atoms with E-state index < -0.39 is 0 Å². The maximum atomic E-state index is 12.0. The van der Waals surface area contributed by atoms with Gasteiger partial charge in [0.25, 0.3) is 11.5 Å². The van der Waals surface area contributed by atoms with Gasteiger partial charge in [-0.15, -0.1) is 0 Å².